The van der Waals surface area contributed by atoms with Crippen LogP contribution < -0.4 is 5.32 Å². The maximum absolute atomic E-state index is 12.1. The Morgan fingerprint density at radius 2 is 2.30 bits per heavy atom. The number of hydrogen-bond donors (Lipinski definition) is 1. The standard InChI is InChI=1S/C14H22N4O2/c1-15-13(19)7-11-5-6-18(10-11)14(20)4-3-12-8-16-17(2)9-12/h8-9,11H,3-7,10H2,1-2H3,(H,15,19)/t11-/m0/s1. The van der Waals surface area contributed by atoms with E-state index >= 15 is 0 Å². The van der Waals surface area contributed by atoms with Gasteiger partial charge in [0.1, 0.15) is 0 Å². The van der Waals surface area contributed by atoms with Crippen molar-refractivity contribution in [2.24, 2.45) is 13.0 Å². The number of amides is 2. The molecule has 0 spiro atoms. The number of rotatable bonds is 5. The topological polar surface area (TPSA) is 67.2 Å². The lowest BCUT2D eigenvalue weighted by Gasteiger charge is -2.16. The highest BCUT2D eigenvalue weighted by molar-refractivity contribution is 5.78. The number of nitrogens with zero attached hydrogens (tertiary/aromatic N) is 3. The van der Waals surface area contributed by atoms with E-state index in [2.05, 4.69) is 10.4 Å². The van der Waals surface area contributed by atoms with E-state index in [0.29, 0.717) is 25.3 Å². The van der Waals surface area contributed by atoms with Crippen LogP contribution in [0.5, 0.6) is 0 Å². The lowest BCUT2D eigenvalue weighted by molar-refractivity contribution is -0.130. The van der Waals surface area contributed by atoms with Gasteiger partial charge in [0.15, 0.2) is 0 Å². The highest BCUT2D eigenvalue weighted by atomic mass is 16.2. The molecule has 0 bridgehead atoms. The second-order valence-corrected chi connectivity index (χ2v) is 5.39. The molecule has 1 aliphatic heterocycles. The van der Waals surface area contributed by atoms with Crippen LogP contribution in [0.15, 0.2) is 12.4 Å². The van der Waals surface area contributed by atoms with Crippen molar-refractivity contribution in [1.29, 1.82) is 0 Å². The molecule has 1 saturated heterocycles. The summed E-state index contributed by atoms with van der Waals surface area (Å²) >= 11 is 0. The number of aromatic nitrogens is 2. The van der Waals surface area contributed by atoms with E-state index in [1.165, 1.54) is 0 Å². The lowest BCUT2D eigenvalue weighted by atomic mass is 10.0. The quantitative estimate of drug-likeness (QED) is 0.844. The van der Waals surface area contributed by atoms with Gasteiger partial charge in [0.2, 0.25) is 11.8 Å². The van der Waals surface area contributed by atoms with E-state index in [9.17, 15) is 9.59 Å². The Morgan fingerprint density at radius 3 is 2.95 bits per heavy atom. The van der Waals surface area contributed by atoms with Crippen LogP contribution >= 0.6 is 0 Å². The maximum atomic E-state index is 12.1. The Balaban J connectivity index is 1.75. The molecule has 0 aliphatic carbocycles. The van der Waals surface area contributed by atoms with Crippen LogP contribution in [0.2, 0.25) is 0 Å². The first-order valence-electron chi connectivity index (χ1n) is 7.04. The molecule has 6 heteroatoms. The van der Waals surface area contributed by atoms with Gasteiger partial charge in [-0.15, -0.1) is 0 Å². The molecule has 1 aromatic rings. The Morgan fingerprint density at radius 1 is 1.50 bits per heavy atom. The molecular weight excluding hydrogens is 256 g/mol. The molecule has 2 heterocycles. The van der Waals surface area contributed by atoms with Gasteiger partial charge in [0.25, 0.3) is 0 Å². The summed E-state index contributed by atoms with van der Waals surface area (Å²) in [7, 11) is 3.52. The summed E-state index contributed by atoms with van der Waals surface area (Å²) in [6, 6.07) is 0. The van der Waals surface area contributed by atoms with Crippen molar-refractivity contribution in [1.82, 2.24) is 20.0 Å². The molecule has 1 aliphatic rings. The van der Waals surface area contributed by atoms with Crippen molar-refractivity contribution >= 4 is 11.8 Å². The number of hydrogen-bond acceptors (Lipinski definition) is 3. The van der Waals surface area contributed by atoms with Gasteiger partial charge in [0.05, 0.1) is 6.20 Å². The van der Waals surface area contributed by atoms with Gasteiger partial charge in [-0.05, 0) is 24.3 Å². The minimum absolute atomic E-state index is 0.0552. The van der Waals surface area contributed by atoms with Crippen LogP contribution in [-0.4, -0.2) is 46.6 Å². The minimum atomic E-state index is 0.0552. The van der Waals surface area contributed by atoms with E-state index < -0.39 is 0 Å². The molecule has 0 unspecified atom stereocenters. The zero-order valence-electron chi connectivity index (χ0n) is 12.1. The normalized spacial score (nSPS) is 18.3. The summed E-state index contributed by atoms with van der Waals surface area (Å²) in [5.74, 6) is 0.533. The summed E-state index contributed by atoms with van der Waals surface area (Å²) in [5, 5.41) is 6.73. The number of aryl methyl sites for hydroxylation is 2. The number of nitrogens with one attached hydrogen (secondary N) is 1. The Kier molecular flexibility index (Phi) is 4.76. The summed E-state index contributed by atoms with van der Waals surface area (Å²) in [6.07, 6.45) is 6.41. The minimum Gasteiger partial charge on any atom is -0.359 e. The van der Waals surface area contributed by atoms with E-state index in [1.807, 2.05) is 18.1 Å². The molecule has 1 N–H and O–H groups in total. The van der Waals surface area contributed by atoms with Crippen molar-refractivity contribution in [3.8, 4) is 0 Å². The first kappa shape index (κ1) is 14.6. The van der Waals surface area contributed by atoms with Crippen LogP contribution in [0.1, 0.15) is 24.8 Å². The molecule has 2 rings (SSSR count). The van der Waals surface area contributed by atoms with Gasteiger partial charge in [-0.2, -0.15) is 5.10 Å². The first-order chi connectivity index (χ1) is 9.58. The van der Waals surface area contributed by atoms with Crippen molar-refractivity contribution in [2.45, 2.75) is 25.7 Å². The third-order valence-corrected chi connectivity index (χ3v) is 3.78. The Hall–Kier alpha value is -1.85. The fraction of sp³-hybridized carbons (Fsp3) is 0.643. The SMILES string of the molecule is CNC(=O)C[C@@H]1CCN(C(=O)CCc2cnn(C)c2)C1. The Bertz CT molecular complexity index is 483. The average Bonchev–Trinajstić information content (AvgIpc) is 3.05. The highest BCUT2D eigenvalue weighted by Gasteiger charge is 2.27. The van der Waals surface area contributed by atoms with Crippen LogP contribution in [0, 0.1) is 5.92 Å². The molecule has 20 heavy (non-hydrogen) atoms. The van der Waals surface area contributed by atoms with Gasteiger partial charge in [-0.3, -0.25) is 14.3 Å². The van der Waals surface area contributed by atoms with E-state index in [-0.39, 0.29) is 11.8 Å². The summed E-state index contributed by atoms with van der Waals surface area (Å²) < 4.78 is 1.75. The van der Waals surface area contributed by atoms with Gasteiger partial charge < -0.3 is 10.2 Å². The molecule has 0 radical (unpaired) electrons. The van der Waals surface area contributed by atoms with E-state index in [4.69, 9.17) is 0 Å². The number of carbonyl (C=O) groups excluding carboxylic acids is 2. The Labute approximate surface area is 119 Å². The second-order valence-electron chi connectivity index (χ2n) is 5.39. The lowest BCUT2D eigenvalue weighted by Crippen LogP contribution is -2.29. The van der Waals surface area contributed by atoms with Crippen molar-refractivity contribution in [3.63, 3.8) is 0 Å². The largest absolute Gasteiger partial charge is 0.359 e. The predicted molar refractivity (Wildman–Crippen MR) is 74.9 cm³/mol. The fourth-order valence-electron chi connectivity index (χ4n) is 2.60. The van der Waals surface area contributed by atoms with Crippen molar-refractivity contribution in [2.75, 3.05) is 20.1 Å². The zero-order valence-corrected chi connectivity index (χ0v) is 12.1. The molecule has 0 saturated carbocycles. The molecular formula is C14H22N4O2. The number of carbonyl (C=O) groups is 2. The van der Waals surface area contributed by atoms with Crippen LogP contribution in [-0.2, 0) is 23.1 Å². The molecule has 1 aromatic heterocycles. The highest BCUT2D eigenvalue weighted by Crippen LogP contribution is 2.20. The van der Waals surface area contributed by atoms with Gasteiger partial charge in [0, 0.05) is 46.2 Å². The van der Waals surface area contributed by atoms with E-state index in [0.717, 1.165) is 24.9 Å². The van der Waals surface area contributed by atoms with Crippen LogP contribution in [0.4, 0.5) is 0 Å². The van der Waals surface area contributed by atoms with Gasteiger partial charge >= 0.3 is 0 Å². The summed E-state index contributed by atoms with van der Waals surface area (Å²) in [4.78, 5) is 25.3. The fourth-order valence-corrected chi connectivity index (χ4v) is 2.60. The summed E-state index contributed by atoms with van der Waals surface area (Å²) in [5.41, 5.74) is 1.09. The number of likely N-dealkylation sites (tertiary alicyclic amines) is 1. The van der Waals surface area contributed by atoms with Gasteiger partial charge in [-0.25, -0.2) is 0 Å². The second kappa shape index (κ2) is 6.54. The molecule has 0 aromatic carbocycles. The molecule has 2 amide bonds. The predicted octanol–water partition coefficient (Wildman–Crippen LogP) is 0.337. The smallest absolute Gasteiger partial charge is 0.222 e. The maximum Gasteiger partial charge on any atom is 0.222 e. The molecule has 1 atom stereocenters. The summed E-state index contributed by atoms with van der Waals surface area (Å²) in [6.45, 7) is 1.48. The van der Waals surface area contributed by atoms with Crippen LogP contribution in [0.3, 0.4) is 0 Å². The zero-order chi connectivity index (χ0) is 14.5. The molecule has 110 valence electrons. The monoisotopic (exact) mass is 278 g/mol. The third-order valence-electron chi connectivity index (χ3n) is 3.78. The van der Waals surface area contributed by atoms with E-state index in [1.54, 1.807) is 17.9 Å². The average molecular weight is 278 g/mol. The van der Waals surface area contributed by atoms with Crippen LogP contribution in [0.25, 0.3) is 0 Å². The third kappa shape index (κ3) is 3.82. The first-order valence-corrected chi connectivity index (χ1v) is 7.04. The van der Waals surface area contributed by atoms with Crippen molar-refractivity contribution < 1.29 is 9.59 Å². The van der Waals surface area contributed by atoms with Gasteiger partial charge in [-0.1, -0.05) is 0 Å². The molecule has 1 fully saturated rings. The van der Waals surface area contributed by atoms with Crippen molar-refractivity contribution in [3.05, 3.63) is 18.0 Å². The molecule has 6 nitrogen and oxygen atoms in total.